The zero-order valence-corrected chi connectivity index (χ0v) is 19.7. The highest BCUT2D eigenvalue weighted by atomic mass is 16.5. The van der Waals surface area contributed by atoms with Crippen molar-refractivity contribution in [3.63, 3.8) is 0 Å². The van der Waals surface area contributed by atoms with E-state index in [4.69, 9.17) is 9.47 Å². The van der Waals surface area contributed by atoms with Crippen LogP contribution in [0.2, 0.25) is 0 Å². The molecule has 0 radical (unpaired) electrons. The lowest BCUT2D eigenvalue weighted by molar-refractivity contribution is -0.148. The van der Waals surface area contributed by atoms with Gasteiger partial charge >= 0.3 is 5.97 Å². The van der Waals surface area contributed by atoms with E-state index in [1.165, 1.54) is 38.5 Å². The fourth-order valence-electron chi connectivity index (χ4n) is 3.61. The topological polar surface area (TPSA) is 35.5 Å². The maximum atomic E-state index is 12.0. The normalized spacial score (nSPS) is 11.8. The quantitative estimate of drug-likeness (QED) is 0.213. The van der Waals surface area contributed by atoms with Crippen LogP contribution in [0.25, 0.3) is 11.1 Å². The number of ether oxygens (including phenoxy) is 2. The summed E-state index contributed by atoms with van der Waals surface area (Å²) in [6, 6.07) is 16.5. The Labute approximate surface area is 189 Å². The fraction of sp³-hybridized carbons (Fsp3) is 0.536. The van der Waals surface area contributed by atoms with Crippen LogP contribution < -0.4 is 4.74 Å². The van der Waals surface area contributed by atoms with Crippen LogP contribution >= 0.6 is 0 Å². The van der Waals surface area contributed by atoms with E-state index < -0.39 is 0 Å². The Bertz CT molecular complexity index is 734. The first-order chi connectivity index (χ1) is 15.1. The summed E-state index contributed by atoms with van der Waals surface area (Å²) < 4.78 is 11.4. The number of esters is 1. The van der Waals surface area contributed by atoms with Gasteiger partial charge in [0.2, 0.25) is 0 Å². The van der Waals surface area contributed by atoms with E-state index >= 15 is 0 Å². The van der Waals surface area contributed by atoms with Crippen molar-refractivity contribution in [3.8, 4) is 16.9 Å². The molecule has 2 aromatic rings. The summed E-state index contributed by atoms with van der Waals surface area (Å²) in [6.07, 6.45) is 10.9. The van der Waals surface area contributed by atoms with Crippen LogP contribution in [0.4, 0.5) is 0 Å². The lowest BCUT2D eigenvalue weighted by atomic mass is 10.0. The van der Waals surface area contributed by atoms with Crippen LogP contribution in [0, 0.1) is 0 Å². The summed E-state index contributed by atoms with van der Waals surface area (Å²) >= 11 is 0. The molecule has 0 aliphatic heterocycles. The van der Waals surface area contributed by atoms with Gasteiger partial charge in [-0.05, 0) is 48.6 Å². The number of benzene rings is 2. The Morgan fingerprint density at radius 2 is 1.29 bits per heavy atom. The minimum Gasteiger partial charge on any atom is -0.494 e. The Kier molecular flexibility index (Phi) is 11.8. The molecular formula is C28H40O3. The molecule has 3 nitrogen and oxygen atoms in total. The highest BCUT2D eigenvalue weighted by Crippen LogP contribution is 2.26. The van der Waals surface area contributed by atoms with Crippen LogP contribution in [-0.2, 0) is 9.53 Å². The van der Waals surface area contributed by atoms with Gasteiger partial charge in [-0.25, -0.2) is 0 Å². The van der Waals surface area contributed by atoms with Gasteiger partial charge in [-0.15, -0.1) is 0 Å². The lowest BCUT2D eigenvalue weighted by Crippen LogP contribution is -2.08. The number of hydrogen-bond acceptors (Lipinski definition) is 3. The standard InChI is InChI=1S/C28H40O3/c1-4-6-8-10-12-22-30-27-20-18-26(19-21-27)25-16-14-24(15-17-25)23(3)31-28(29)13-11-9-7-5-2/h14-21,23H,4-13,22H2,1-3H3. The highest BCUT2D eigenvalue weighted by Gasteiger charge is 2.11. The van der Waals surface area contributed by atoms with Crippen molar-refractivity contribution in [1.29, 1.82) is 0 Å². The van der Waals surface area contributed by atoms with Crippen molar-refractivity contribution in [2.75, 3.05) is 6.61 Å². The second-order valence-corrected chi connectivity index (χ2v) is 8.35. The SMILES string of the molecule is CCCCCCCOc1ccc(-c2ccc(C(C)OC(=O)CCCCCC)cc2)cc1. The maximum absolute atomic E-state index is 12.0. The molecule has 0 N–H and O–H groups in total. The van der Waals surface area contributed by atoms with Crippen LogP contribution in [-0.4, -0.2) is 12.6 Å². The molecule has 0 fully saturated rings. The predicted molar refractivity (Wildman–Crippen MR) is 129 cm³/mol. The summed E-state index contributed by atoms with van der Waals surface area (Å²) in [4.78, 5) is 12.0. The second kappa shape index (κ2) is 14.7. The average Bonchev–Trinajstić information content (AvgIpc) is 2.79. The van der Waals surface area contributed by atoms with Crippen molar-refractivity contribution in [3.05, 3.63) is 54.1 Å². The zero-order valence-electron chi connectivity index (χ0n) is 19.7. The third kappa shape index (κ3) is 9.59. The molecule has 0 spiro atoms. The Balaban J connectivity index is 1.79. The minimum absolute atomic E-state index is 0.103. The Morgan fingerprint density at radius 1 is 0.742 bits per heavy atom. The first-order valence-electron chi connectivity index (χ1n) is 12.2. The summed E-state index contributed by atoms with van der Waals surface area (Å²) in [7, 11) is 0. The minimum atomic E-state index is -0.221. The van der Waals surface area contributed by atoms with E-state index in [0.29, 0.717) is 6.42 Å². The van der Waals surface area contributed by atoms with Gasteiger partial charge in [-0.2, -0.15) is 0 Å². The van der Waals surface area contributed by atoms with Gasteiger partial charge in [0.05, 0.1) is 6.61 Å². The summed E-state index contributed by atoms with van der Waals surface area (Å²) in [5, 5.41) is 0. The monoisotopic (exact) mass is 424 g/mol. The van der Waals surface area contributed by atoms with Crippen molar-refractivity contribution in [1.82, 2.24) is 0 Å². The molecule has 0 saturated heterocycles. The highest BCUT2D eigenvalue weighted by molar-refractivity contribution is 5.69. The summed E-state index contributed by atoms with van der Waals surface area (Å²) in [6.45, 7) is 7.13. The van der Waals surface area contributed by atoms with Crippen molar-refractivity contribution < 1.29 is 14.3 Å². The number of carbonyl (C=O) groups excluding carboxylic acids is 1. The van der Waals surface area contributed by atoms with Gasteiger partial charge in [-0.3, -0.25) is 4.79 Å². The van der Waals surface area contributed by atoms with Gasteiger partial charge < -0.3 is 9.47 Å². The molecule has 2 rings (SSSR count). The van der Waals surface area contributed by atoms with E-state index in [-0.39, 0.29) is 12.1 Å². The third-order valence-electron chi connectivity index (χ3n) is 5.63. The molecule has 0 aliphatic carbocycles. The first kappa shape index (κ1) is 25.0. The number of carbonyl (C=O) groups is 1. The average molecular weight is 425 g/mol. The van der Waals surface area contributed by atoms with Crippen LogP contribution in [0.1, 0.15) is 96.6 Å². The molecule has 1 atom stereocenters. The van der Waals surface area contributed by atoms with Crippen LogP contribution in [0.5, 0.6) is 5.75 Å². The largest absolute Gasteiger partial charge is 0.494 e. The van der Waals surface area contributed by atoms with Gasteiger partial charge in [-0.1, -0.05) is 95.2 Å². The summed E-state index contributed by atoms with van der Waals surface area (Å²) in [5.74, 6) is 0.823. The van der Waals surface area contributed by atoms with Crippen LogP contribution in [0.15, 0.2) is 48.5 Å². The molecule has 2 aromatic carbocycles. The van der Waals surface area contributed by atoms with Crippen molar-refractivity contribution in [2.24, 2.45) is 0 Å². The van der Waals surface area contributed by atoms with Gasteiger partial charge in [0, 0.05) is 6.42 Å². The van der Waals surface area contributed by atoms with Crippen LogP contribution in [0.3, 0.4) is 0 Å². The Morgan fingerprint density at radius 3 is 1.90 bits per heavy atom. The number of unbranched alkanes of at least 4 members (excludes halogenated alkanes) is 7. The van der Waals surface area contributed by atoms with E-state index in [9.17, 15) is 4.79 Å². The van der Waals surface area contributed by atoms with Gasteiger partial charge in [0.15, 0.2) is 0 Å². The molecule has 0 heterocycles. The molecule has 3 heteroatoms. The first-order valence-corrected chi connectivity index (χ1v) is 12.2. The molecule has 0 bridgehead atoms. The Hall–Kier alpha value is -2.29. The van der Waals surface area contributed by atoms with E-state index in [1.807, 2.05) is 31.2 Å². The van der Waals surface area contributed by atoms with E-state index in [1.54, 1.807) is 0 Å². The molecule has 0 aromatic heterocycles. The number of hydrogen-bond donors (Lipinski definition) is 0. The molecule has 0 amide bonds. The molecule has 170 valence electrons. The molecule has 0 aliphatic rings. The van der Waals surface area contributed by atoms with E-state index in [2.05, 4.69) is 38.1 Å². The zero-order chi connectivity index (χ0) is 22.3. The molecular weight excluding hydrogens is 384 g/mol. The van der Waals surface area contributed by atoms with Crippen molar-refractivity contribution >= 4 is 5.97 Å². The maximum Gasteiger partial charge on any atom is 0.306 e. The lowest BCUT2D eigenvalue weighted by Gasteiger charge is -2.14. The molecule has 31 heavy (non-hydrogen) atoms. The molecule has 1 unspecified atom stereocenters. The van der Waals surface area contributed by atoms with Gasteiger partial charge in [0.1, 0.15) is 11.9 Å². The fourth-order valence-corrected chi connectivity index (χ4v) is 3.61. The second-order valence-electron chi connectivity index (χ2n) is 8.35. The van der Waals surface area contributed by atoms with E-state index in [0.717, 1.165) is 48.3 Å². The van der Waals surface area contributed by atoms with Crippen molar-refractivity contribution in [2.45, 2.75) is 91.1 Å². The molecule has 0 saturated carbocycles. The third-order valence-corrected chi connectivity index (χ3v) is 5.63. The predicted octanol–water partition coefficient (Wildman–Crippen LogP) is 8.28. The summed E-state index contributed by atoms with van der Waals surface area (Å²) in [5.41, 5.74) is 3.32. The number of rotatable bonds is 15. The van der Waals surface area contributed by atoms with Gasteiger partial charge in [0.25, 0.3) is 0 Å². The smallest absolute Gasteiger partial charge is 0.306 e.